The minimum Gasteiger partial charge on any atom is -0.390 e. The molecule has 0 atom stereocenters. The number of hydrazine groups is 1. The molecule has 4 N–H and O–H groups in total. The number of nitrogens with zero attached hydrogens (tertiary/aromatic N) is 6. The fourth-order valence-corrected chi connectivity index (χ4v) is 4.14. The molecule has 9 nitrogen and oxygen atoms in total. The third kappa shape index (κ3) is 6.18. The summed E-state index contributed by atoms with van der Waals surface area (Å²) in [6, 6.07) is 3.35. The summed E-state index contributed by atoms with van der Waals surface area (Å²) in [4.78, 5) is 17.5. The number of alkyl halides is 3. The second-order valence-corrected chi connectivity index (χ2v) is 9.26. The van der Waals surface area contributed by atoms with Gasteiger partial charge in [0, 0.05) is 6.20 Å². The molecule has 4 rings (SSSR count). The van der Waals surface area contributed by atoms with Gasteiger partial charge < -0.3 is 15.4 Å². The van der Waals surface area contributed by atoms with Gasteiger partial charge in [0.15, 0.2) is 5.65 Å². The monoisotopic (exact) mass is 490 g/mol. The SMILES string of the molecule is C=C(/C=C\N1CC(N)=NC(=NC2CCC(C)(O)CC2)N1)c1ccc2nc(C)n(CC(F)(F)F)c2n1. The van der Waals surface area contributed by atoms with Gasteiger partial charge in [-0.2, -0.15) is 18.2 Å². The highest BCUT2D eigenvalue weighted by Gasteiger charge is 2.30. The summed E-state index contributed by atoms with van der Waals surface area (Å²) in [6.45, 7) is 6.51. The van der Waals surface area contributed by atoms with Gasteiger partial charge in [0.05, 0.1) is 23.9 Å². The Morgan fingerprint density at radius 1 is 1.34 bits per heavy atom. The first-order chi connectivity index (χ1) is 16.4. The van der Waals surface area contributed by atoms with Gasteiger partial charge in [0.1, 0.15) is 23.7 Å². The number of imidazole rings is 1. The lowest BCUT2D eigenvalue weighted by Crippen LogP contribution is -2.48. The molecular formula is C23H29F3N8O. The van der Waals surface area contributed by atoms with Crippen LogP contribution < -0.4 is 11.2 Å². The lowest BCUT2D eigenvalue weighted by Gasteiger charge is -2.32. The van der Waals surface area contributed by atoms with E-state index in [-0.39, 0.29) is 17.5 Å². The lowest BCUT2D eigenvalue weighted by atomic mass is 9.84. The zero-order valence-corrected chi connectivity index (χ0v) is 19.7. The molecule has 12 heteroatoms. The average molecular weight is 491 g/mol. The Hall–Kier alpha value is -3.41. The van der Waals surface area contributed by atoms with Gasteiger partial charge in [0.2, 0.25) is 5.96 Å². The number of rotatable bonds is 5. The number of allylic oxidation sites excluding steroid dienone is 2. The average Bonchev–Trinajstić information content (AvgIpc) is 3.06. The maximum Gasteiger partial charge on any atom is 0.406 e. The number of nitrogens with two attached hydrogens (primary N) is 1. The number of fused-ring (bicyclic) bond motifs is 1. The van der Waals surface area contributed by atoms with Crippen LogP contribution in [0.15, 0.2) is 41.0 Å². The van der Waals surface area contributed by atoms with E-state index in [1.807, 2.05) is 6.92 Å². The van der Waals surface area contributed by atoms with Crippen molar-refractivity contribution in [2.75, 3.05) is 6.54 Å². The molecule has 0 bridgehead atoms. The van der Waals surface area contributed by atoms with Crippen molar-refractivity contribution in [3.8, 4) is 0 Å². The fourth-order valence-electron chi connectivity index (χ4n) is 4.14. The minimum atomic E-state index is -4.39. The molecule has 1 aliphatic heterocycles. The summed E-state index contributed by atoms with van der Waals surface area (Å²) < 4.78 is 40.0. The largest absolute Gasteiger partial charge is 0.406 e. The van der Waals surface area contributed by atoms with Gasteiger partial charge in [0.25, 0.3) is 0 Å². The summed E-state index contributed by atoms with van der Waals surface area (Å²) in [5.41, 5.74) is 9.91. The molecule has 1 saturated carbocycles. The number of aliphatic hydroxyl groups is 1. The van der Waals surface area contributed by atoms with Crippen LogP contribution in [-0.4, -0.2) is 60.8 Å². The topological polar surface area (TPSA) is 117 Å². The van der Waals surface area contributed by atoms with Crippen LogP contribution in [0.1, 0.15) is 44.1 Å². The summed E-state index contributed by atoms with van der Waals surface area (Å²) in [5, 5.41) is 11.8. The summed E-state index contributed by atoms with van der Waals surface area (Å²) in [6.07, 6.45) is 1.88. The first kappa shape index (κ1) is 24.7. The first-order valence-corrected chi connectivity index (χ1v) is 11.3. The van der Waals surface area contributed by atoms with Gasteiger partial charge in [-0.05, 0) is 63.3 Å². The van der Waals surface area contributed by atoms with Crippen LogP contribution in [-0.2, 0) is 6.54 Å². The number of aromatic nitrogens is 3. The van der Waals surface area contributed by atoms with Gasteiger partial charge in [-0.1, -0.05) is 6.58 Å². The number of nitrogens with one attached hydrogen (secondary N) is 1. The van der Waals surface area contributed by atoms with Crippen molar-refractivity contribution in [1.82, 2.24) is 25.0 Å². The van der Waals surface area contributed by atoms with Gasteiger partial charge >= 0.3 is 6.18 Å². The second kappa shape index (κ2) is 9.33. The molecule has 0 saturated heterocycles. The number of aryl methyl sites for hydroxylation is 1. The Bertz CT molecular complexity index is 1200. The minimum absolute atomic E-state index is 0.0501. The Morgan fingerprint density at radius 3 is 2.74 bits per heavy atom. The zero-order valence-electron chi connectivity index (χ0n) is 19.7. The Labute approximate surface area is 200 Å². The fraction of sp³-hybridized carbons (Fsp3) is 0.478. The van der Waals surface area contributed by atoms with Crippen molar-refractivity contribution >= 4 is 28.5 Å². The van der Waals surface area contributed by atoms with Crippen LogP contribution in [0.2, 0.25) is 0 Å². The highest BCUT2D eigenvalue weighted by molar-refractivity contribution is 5.98. The molecule has 3 heterocycles. The van der Waals surface area contributed by atoms with Crippen molar-refractivity contribution < 1.29 is 18.3 Å². The second-order valence-electron chi connectivity index (χ2n) is 9.26. The molecule has 2 aliphatic rings. The third-order valence-corrected chi connectivity index (χ3v) is 6.07. The Morgan fingerprint density at radius 2 is 2.06 bits per heavy atom. The number of aliphatic imine (C=N–C) groups is 2. The van der Waals surface area contributed by atoms with E-state index in [1.165, 1.54) is 6.92 Å². The molecule has 0 radical (unpaired) electrons. The van der Waals surface area contributed by atoms with Crippen molar-refractivity contribution in [1.29, 1.82) is 0 Å². The number of hydrogen-bond donors (Lipinski definition) is 3. The van der Waals surface area contributed by atoms with Crippen LogP contribution in [0.25, 0.3) is 16.7 Å². The van der Waals surface area contributed by atoms with E-state index in [4.69, 9.17) is 5.73 Å². The summed E-state index contributed by atoms with van der Waals surface area (Å²) in [5.74, 6) is 1.01. The number of pyridine rings is 1. The van der Waals surface area contributed by atoms with Crippen LogP contribution >= 0.6 is 0 Å². The van der Waals surface area contributed by atoms with Crippen molar-refractivity contribution in [2.45, 2.75) is 63.9 Å². The first-order valence-electron chi connectivity index (χ1n) is 11.3. The Balaban J connectivity index is 1.47. The molecular weight excluding hydrogens is 461 g/mol. The zero-order chi connectivity index (χ0) is 25.4. The molecule has 2 aromatic rings. The highest BCUT2D eigenvalue weighted by Crippen LogP contribution is 2.29. The Kier molecular flexibility index (Phi) is 6.58. The number of guanidine groups is 1. The molecule has 0 unspecified atom stereocenters. The molecule has 0 spiro atoms. The summed E-state index contributed by atoms with van der Waals surface area (Å²) in [7, 11) is 0. The van der Waals surface area contributed by atoms with E-state index in [0.29, 0.717) is 48.0 Å². The quantitative estimate of drug-likeness (QED) is 0.555. The standard InChI is InChI=1S/C23H29F3N8O/c1-14(17-4-5-18-20(30-17)34(15(2)28-18)13-23(24,25)26)8-11-33-12-19(27)31-21(32-33)29-16-6-9-22(3,35)10-7-16/h4-5,8,11,16,35H,1,6-7,9-10,12-13H2,2-3H3,(H3,27,29,31,32)/b11-8-. The number of halogens is 3. The molecule has 188 valence electrons. The van der Waals surface area contributed by atoms with Crippen molar-refractivity contribution in [3.63, 3.8) is 0 Å². The van der Waals surface area contributed by atoms with Crippen LogP contribution in [0, 0.1) is 6.92 Å². The number of hydrogen-bond acceptors (Lipinski definition) is 6. The predicted octanol–water partition coefficient (Wildman–Crippen LogP) is 3.06. The maximum absolute atomic E-state index is 13.0. The molecule has 2 aromatic heterocycles. The van der Waals surface area contributed by atoms with Gasteiger partial charge in [-0.15, -0.1) is 0 Å². The highest BCUT2D eigenvalue weighted by atomic mass is 19.4. The van der Waals surface area contributed by atoms with Crippen LogP contribution in [0.5, 0.6) is 0 Å². The molecule has 0 aromatic carbocycles. The summed E-state index contributed by atoms with van der Waals surface area (Å²) >= 11 is 0. The van der Waals surface area contributed by atoms with E-state index in [1.54, 1.807) is 29.4 Å². The van der Waals surface area contributed by atoms with E-state index in [9.17, 15) is 18.3 Å². The van der Waals surface area contributed by atoms with Crippen molar-refractivity contribution in [3.05, 3.63) is 42.5 Å². The number of amidine groups is 1. The van der Waals surface area contributed by atoms with E-state index in [2.05, 4.69) is 32.0 Å². The molecule has 1 aliphatic carbocycles. The van der Waals surface area contributed by atoms with Crippen LogP contribution in [0.3, 0.4) is 0 Å². The lowest BCUT2D eigenvalue weighted by molar-refractivity contribution is -0.140. The van der Waals surface area contributed by atoms with E-state index < -0.39 is 18.3 Å². The van der Waals surface area contributed by atoms with Gasteiger partial charge in [-0.25, -0.2) is 15.0 Å². The van der Waals surface area contributed by atoms with E-state index in [0.717, 1.165) is 17.4 Å². The molecule has 0 amide bonds. The normalized spacial score (nSPS) is 24.7. The van der Waals surface area contributed by atoms with Crippen LogP contribution in [0.4, 0.5) is 13.2 Å². The smallest absolute Gasteiger partial charge is 0.390 e. The predicted molar refractivity (Wildman–Crippen MR) is 128 cm³/mol. The van der Waals surface area contributed by atoms with Crippen molar-refractivity contribution in [2.24, 2.45) is 15.7 Å². The molecule has 35 heavy (non-hydrogen) atoms. The third-order valence-electron chi connectivity index (χ3n) is 6.07. The molecule has 1 fully saturated rings. The maximum atomic E-state index is 13.0. The van der Waals surface area contributed by atoms with Gasteiger partial charge in [-0.3, -0.25) is 10.4 Å². The van der Waals surface area contributed by atoms with E-state index >= 15 is 0 Å².